The average Bonchev–Trinajstić information content (AvgIpc) is 3.27. The van der Waals surface area contributed by atoms with Crippen LogP contribution in [-0.4, -0.2) is 0 Å². The van der Waals surface area contributed by atoms with Crippen molar-refractivity contribution < 1.29 is 4.42 Å². The summed E-state index contributed by atoms with van der Waals surface area (Å²) in [4.78, 5) is 0. The van der Waals surface area contributed by atoms with Gasteiger partial charge in [-0.25, -0.2) is 0 Å². The van der Waals surface area contributed by atoms with Crippen molar-refractivity contribution in [1.29, 1.82) is 0 Å². The lowest BCUT2D eigenvalue weighted by atomic mass is 9.84. The highest BCUT2D eigenvalue weighted by atomic mass is 16.3. The quantitative estimate of drug-likeness (QED) is 0.254. The summed E-state index contributed by atoms with van der Waals surface area (Å²) < 4.78 is 6.32. The second-order valence-corrected chi connectivity index (χ2v) is 8.77. The zero-order valence-corrected chi connectivity index (χ0v) is 18.2. The van der Waals surface area contributed by atoms with Crippen molar-refractivity contribution in [1.82, 2.24) is 0 Å². The summed E-state index contributed by atoms with van der Waals surface area (Å²) in [5.41, 5.74) is 7.30. The molecule has 1 heteroatoms. The molecule has 0 spiro atoms. The maximum atomic E-state index is 6.32. The minimum atomic E-state index is 0.967. The topological polar surface area (TPSA) is 13.1 Å². The molecule has 0 amide bonds. The van der Waals surface area contributed by atoms with E-state index in [0.29, 0.717) is 0 Å². The molecule has 0 N–H and O–H groups in total. The monoisotopic (exact) mass is 422 g/mol. The van der Waals surface area contributed by atoms with E-state index in [9.17, 15) is 0 Å². The van der Waals surface area contributed by atoms with Crippen molar-refractivity contribution in [2.75, 3.05) is 0 Å². The van der Waals surface area contributed by atoms with Crippen LogP contribution >= 0.6 is 0 Å². The van der Waals surface area contributed by atoms with Crippen LogP contribution in [-0.2, 0) is 6.42 Å². The van der Waals surface area contributed by atoms with Gasteiger partial charge in [0, 0.05) is 17.4 Å². The molecule has 0 saturated heterocycles. The summed E-state index contributed by atoms with van der Waals surface area (Å²) in [5.74, 6) is 1.11. The minimum absolute atomic E-state index is 0.967. The molecule has 156 valence electrons. The maximum Gasteiger partial charge on any atom is 0.135 e. The van der Waals surface area contributed by atoms with Gasteiger partial charge in [0.1, 0.15) is 11.3 Å². The number of furan rings is 1. The predicted molar refractivity (Wildman–Crippen MR) is 139 cm³/mol. The van der Waals surface area contributed by atoms with Gasteiger partial charge in [-0.15, -0.1) is 0 Å². The van der Waals surface area contributed by atoms with Gasteiger partial charge in [-0.05, 0) is 56.3 Å². The smallest absolute Gasteiger partial charge is 0.135 e. The average molecular weight is 423 g/mol. The number of benzene rings is 5. The number of allylic oxidation sites excluding steroid dienone is 1. The summed E-state index contributed by atoms with van der Waals surface area (Å²) in [5, 5.41) is 6.34. The van der Waals surface area contributed by atoms with Gasteiger partial charge in [0.2, 0.25) is 0 Å². The Kier molecular flexibility index (Phi) is 4.04. The van der Waals surface area contributed by atoms with Crippen LogP contribution in [0.25, 0.3) is 60.8 Å². The minimum Gasteiger partial charge on any atom is -0.460 e. The fourth-order valence-electron chi connectivity index (χ4n) is 5.54. The zero-order chi connectivity index (χ0) is 21.8. The summed E-state index contributed by atoms with van der Waals surface area (Å²) in [6.07, 6.45) is 6.52. The van der Waals surface area contributed by atoms with Crippen LogP contribution in [0.5, 0.6) is 0 Å². The third-order valence-electron chi connectivity index (χ3n) is 6.91. The zero-order valence-electron chi connectivity index (χ0n) is 18.2. The first kappa shape index (κ1) is 18.5. The Hall–Kier alpha value is -4.10. The molecule has 0 unspecified atom stereocenters. The van der Waals surface area contributed by atoms with Crippen molar-refractivity contribution in [3.8, 4) is 22.3 Å². The van der Waals surface area contributed by atoms with Crippen molar-refractivity contribution in [3.05, 3.63) is 114 Å². The van der Waals surface area contributed by atoms with Crippen LogP contribution in [0.3, 0.4) is 0 Å². The fraction of sp³-hybridized carbons (Fsp3) is 0.0625. The predicted octanol–water partition coefficient (Wildman–Crippen LogP) is 9.03. The summed E-state index contributed by atoms with van der Waals surface area (Å²) in [6, 6.07) is 34.9. The van der Waals surface area contributed by atoms with E-state index in [0.717, 1.165) is 24.2 Å². The third kappa shape index (κ3) is 2.72. The summed E-state index contributed by atoms with van der Waals surface area (Å²) in [7, 11) is 0. The molecule has 0 fully saturated rings. The van der Waals surface area contributed by atoms with Gasteiger partial charge < -0.3 is 4.42 Å². The lowest BCUT2D eigenvalue weighted by Crippen LogP contribution is -1.92. The molecule has 0 saturated carbocycles. The standard InChI is InChI=1S/C32H22O/c1-2-11-21(12-3-1)30-22-13-4-6-15-24(22)31(25-16-7-5-14-23(25)30)27-18-10-20-29-32(27)26-17-8-9-19-28(26)33-29/h1-8,10-18,20H,9,19H2. The normalized spacial score (nSPS) is 13.1. The Balaban J connectivity index is 1.68. The molecule has 0 bridgehead atoms. The van der Waals surface area contributed by atoms with Crippen molar-refractivity contribution in [3.63, 3.8) is 0 Å². The molecule has 33 heavy (non-hydrogen) atoms. The largest absolute Gasteiger partial charge is 0.460 e. The van der Waals surface area contributed by atoms with Crippen LogP contribution in [0.2, 0.25) is 0 Å². The Morgan fingerprint density at radius 3 is 1.91 bits per heavy atom. The molecule has 1 nitrogen and oxygen atoms in total. The summed E-state index contributed by atoms with van der Waals surface area (Å²) in [6.45, 7) is 0. The van der Waals surface area contributed by atoms with Crippen molar-refractivity contribution in [2.45, 2.75) is 12.8 Å². The van der Waals surface area contributed by atoms with E-state index in [2.05, 4.69) is 109 Å². The molecular weight excluding hydrogens is 400 g/mol. The van der Waals surface area contributed by atoms with Crippen LogP contribution in [0.15, 0.2) is 108 Å². The molecule has 1 aliphatic carbocycles. The number of fused-ring (bicyclic) bond motifs is 5. The Bertz CT molecular complexity index is 1640. The van der Waals surface area contributed by atoms with E-state index in [1.54, 1.807) is 0 Å². The van der Waals surface area contributed by atoms with Crippen LogP contribution in [0.4, 0.5) is 0 Å². The second-order valence-electron chi connectivity index (χ2n) is 8.77. The first-order valence-corrected chi connectivity index (χ1v) is 11.6. The Labute approximate surface area is 192 Å². The summed E-state index contributed by atoms with van der Waals surface area (Å²) >= 11 is 0. The molecule has 0 atom stereocenters. The molecule has 1 aromatic heterocycles. The van der Waals surface area contributed by atoms with Gasteiger partial charge in [0.25, 0.3) is 0 Å². The third-order valence-corrected chi connectivity index (χ3v) is 6.91. The SMILES string of the molecule is C1=Cc2c(oc3cccc(-c4c5ccccc5c(-c5ccccc5)c5ccccc45)c23)CC1. The van der Waals surface area contributed by atoms with E-state index >= 15 is 0 Å². The highest BCUT2D eigenvalue weighted by Crippen LogP contribution is 2.46. The number of aryl methyl sites for hydroxylation is 1. The van der Waals surface area contributed by atoms with Crippen molar-refractivity contribution in [2.24, 2.45) is 0 Å². The van der Waals surface area contributed by atoms with Crippen LogP contribution in [0, 0.1) is 0 Å². The van der Waals surface area contributed by atoms with E-state index in [4.69, 9.17) is 4.42 Å². The Morgan fingerprint density at radius 1 is 0.576 bits per heavy atom. The first-order chi connectivity index (χ1) is 16.4. The van der Waals surface area contributed by atoms with E-state index in [1.165, 1.54) is 54.7 Å². The number of hydrogen-bond donors (Lipinski definition) is 0. The van der Waals surface area contributed by atoms with Crippen LogP contribution in [0.1, 0.15) is 17.7 Å². The highest BCUT2D eigenvalue weighted by molar-refractivity contribution is 6.23. The van der Waals surface area contributed by atoms with Gasteiger partial charge in [-0.1, -0.05) is 103 Å². The lowest BCUT2D eigenvalue weighted by Gasteiger charge is -2.18. The van der Waals surface area contributed by atoms with Gasteiger partial charge in [0.15, 0.2) is 0 Å². The van der Waals surface area contributed by atoms with E-state index < -0.39 is 0 Å². The second kappa shape index (κ2) is 7.21. The molecule has 0 radical (unpaired) electrons. The number of hydrogen-bond acceptors (Lipinski definition) is 1. The number of rotatable bonds is 2. The molecule has 0 aliphatic heterocycles. The highest BCUT2D eigenvalue weighted by Gasteiger charge is 2.22. The maximum absolute atomic E-state index is 6.32. The van der Waals surface area contributed by atoms with Crippen LogP contribution < -0.4 is 0 Å². The lowest BCUT2D eigenvalue weighted by molar-refractivity contribution is 0.546. The Morgan fingerprint density at radius 2 is 1.21 bits per heavy atom. The fourth-order valence-corrected chi connectivity index (χ4v) is 5.54. The molecule has 7 rings (SSSR count). The van der Waals surface area contributed by atoms with E-state index in [1.807, 2.05) is 0 Å². The molecular formula is C32H22O. The van der Waals surface area contributed by atoms with Crippen molar-refractivity contribution >= 4 is 38.6 Å². The van der Waals surface area contributed by atoms with Gasteiger partial charge in [0.05, 0.1) is 0 Å². The molecule has 1 aliphatic rings. The first-order valence-electron chi connectivity index (χ1n) is 11.6. The van der Waals surface area contributed by atoms with Gasteiger partial charge >= 0.3 is 0 Å². The molecule has 5 aromatic carbocycles. The van der Waals surface area contributed by atoms with Gasteiger partial charge in [-0.2, -0.15) is 0 Å². The molecule has 6 aromatic rings. The van der Waals surface area contributed by atoms with E-state index in [-0.39, 0.29) is 0 Å². The van der Waals surface area contributed by atoms with Gasteiger partial charge in [-0.3, -0.25) is 0 Å². The molecule has 1 heterocycles.